The fourth-order valence-corrected chi connectivity index (χ4v) is 5.59. The predicted octanol–water partition coefficient (Wildman–Crippen LogP) is 4.05. The third-order valence-electron chi connectivity index (χ3n) is 6.21. The van der Waals surface area contributed by atoms with E-state index in [-0.39, 0.29) is 16.9 Å². The number of hydrogen-bond donors (Lipinski definition) is 0. The van der Waals surface area contributed by atoms with Crippen LogP contribution in [0.15, 0.2) is 23.0 Å². The monoisotopic (exact) mass is 476 g/mol. The zero-order valence-corrected chi connectivity index (χ0v) is 18.6. The number of rotatable bonds is 2. The number of fused-ring (bicyclic) bond motifs is 2. The van der Waals surface area contributed by atoms with Gasteiger partial charge in [-0.2, -0.15) is 5.26 Å². The second kappa shape index (κ2) is 7.38. The number of nitrogens with zero attached hydrogens (tertiary/aromatic N) is 4. The number of nitriles is 1. The van der Waals surface area contributed by atoms with Gasteiger partial charge in [0.15, 0.2) is 0 Å². The van der Waals surface area contributed by atoms with Crippen molar-refractivity contribution in [2.45, 2.75) is 38.1 Å². The van der Waals surface area contributed by atoms with Crippen molar-refractivity contribution in [3.05, 3.63) is 44.7 Å². The quantitative estimate of drug-likeness (QED) is 0.555. The first-order chi connectivity index (χ1) is 15.6. The summed E-state index contributed by atoms with van der Waals surface area (Å²) in [6, 6.07) is 6.19. The molecule has 172 valence electrons. The zero-order chi connectivity index (χ0) is 23.5. The van der Waals surface area contributed by atoms with E-state index in [4.69, 9.17) is 4.74 Å². The number of aryl methyl sites for hydroxylation is 2. The first-order valence-corrected chi connectivity index (χ1v) is 11.1. The lowest BCUT2D eigenvalue weighted by Crippen LogP contribution is -2.48. The summed E-state index contributed by atoms with van der Waals surface area (Å²) in [5, 5.41) is 10.5. The summed E-state index contributed by atoms with van der Waals surface area (Å²) in [7, 11) is 1.64. The number of hydrogen-bond acceptors (Lipinski definition) is 7. The van der Waals surface area contributed by atoms with Crippen molar-refractivity contribution in [3.8, 4) is 17.6 Å². The molecule has 0 atom stereocenters. The number of pyridine rings is 1. The number of alkyl halides is 3. The molecular formula is C22H19F3N4O3S. The van der Waals surface area contributed by atoms with Crippen molar-refractivity contribution in [2.24, 2.45) is 7.05 Å². The number of thiazole rings is 1. The van der Waals surface area contributed by atoms with Crippen LogP contribution in [0.3, 0.4) is 0 Å². The number of piperidine rings is 1. The number of aromatic nitrogens is 2. The summed E-state index contributed by atoms with van der Waals surface area (Å²) in [5.41, 5.74) is 1.03. The standard InChI is InChI=1S/C22H19F3N4O3S/c1-12-27-17-18(15(11-26)19(30)28(2)20(17)33-12)29-7-5-21(6-8-29)10-13-9-14(31-22(23,24)25)3-4-16(13)32-21/h3-4,9H,5-8,10H2,1-2H3. The third-order valence-corrected chi connectivity index (χ3v) is 7.26. The van der Waals surface area contributed by atoms with E-state index in [1.807, 2.05) is 11.8 Å². The molecule has 0 bridgehead atoms. The average Bonchev–Trinajstić information content (AvgIpc) is 3.30. The summed E-state index contributed by atoms with van der Waals surface area (Å²) in [6.07, 6.45) is -3.11. The molecule has 0 N–H and O–H groups in total. The Hall–Kier alpha value is -3.26. The van der Waals surface area contributed by atoms with E-state index in [0.29, 0.717) is 59.7 Å². The number of benzene rings is 1. The highest BCUT2D eigenvalue weighted by atomic mass is 32.1. The lowest BCUT2D eigenvalue weighted by Gasteiger charge is -2.40. The summed E-state index contributed by atoms with van der Waals surface area (Å²) < 4.78 is 49.4. The van der Waals surface area contributed by atoms with Gasteiger partial charge in [-0.3, -0.25) is 4.79 Å². The van der Waals surface area contributed by atoms with Gasteiger partial charge in [0.1, 0.15) is 39.1 Å². The van der Waals surface area contributed by atoms with E-state index < -0.39 is 12.0 Å². The fourth-order valence-electron chi connectivity index (χ4n) is 4.71. The van der Waals surface area contributed by atoms with Gasteiger partial charge in [0, 0.05) is 45.0 Å². The molecule has 3 aromatic rings. The zero-order valence-electron chi connectivity index (χ0n) is 17.8. The van der Waals surface area contributed by atoms with Gasteiger partial charge >= 0.3 is 6.36 Å². The van der Waals surface area contributed by atoms with Crippen LogP contribution in [0.1, 0.15) is 29.0 Å². The summed E-state index contributed by atoms with van der Waals surface area (Å²) in [6.45, 7) is 2.90. The minimum absolute atomic E-state index is 0.0656. The Morgan fingerprint density at radius 3 is 2.70 bits per heavy atom. The molecule has 1 aromatic carbocycles. The van der Waals surface area contributed by atoms with Gasteiger partial charge in [-0.1, -0.05) is 0 Å². The average molecular weight is 476 g/mol. The van der Waals surface area contributed by atoms with Gasteiger partial charge < -0.3 is 18.9 Å². The van der Waals surface area contributed by atoms with Crippen molar-refractivity contribution in [2.75, 3.05) is 18.0 Å². The normalized spacial score (nSPS) is 17.2. The Morgan fingerprint density at radius 2 is 2.03 bits per heavy atom. The highest BCUT2D eigenvalue weighted by Gasteiger charge is 2.43. The lowest BCUT2D eigenvalue weighted by molar-refractivity contribution is -0.274. The van der Waals surface area contributed by atoms with Gasteiger partial charge in [0.2, 0.25) is 0 Å². The maximum Gasteiger partial charge on any atom is 0.573 e. The Balaban J connectivity index is 1.41. The Morgan fingerprint density at radius 1 is 1.30 bits per heavy atom. The number of anilines is 1. The molecule has 1 fully saturated rings. The largest absolute Gasteiger partial charge is 0.573 e. The van der Waals surface area contributed by atoms with Crippen molar-refractivity contribution in [1.82, 2.24) is 9.55 Å². The molecule has 11 heteroatoms. The second-order valence-electron chi connectivity index (χ2n) is 8.35. The molecule has 33 heavy (non-hydrogen) atoms. The first-order valence-electron chi connectivity index (χ1n) is 10.3. The molecule has 0 unspecified atom stereocenters. The minimum atomic E-state index is -4.75. The molecule has 5 rings (SSSR count). The Bertz CT molecular complexity index is 1360. The van der Waals surface area contributed by atoms with E-state index in [1.54, 1.807) is 7.05 Å². The fraction of sp³-hybridized carbons (Fsp3) is 0.409. The molecule has 2 aliphatic heterocycles. The molecule has 1 saturated heterocycles. The Kier molecular flexibility index (Phi) is 4.83. The van der Waals surface area contributed by atoms with Crippen LogP contribution in [-0.4, -0.2) is 34.6 Å². The van der Waals surface area contributed by atoms with Gasteiger partial charge in [-0.05, 0) is 25.1 Å². The van der Waals surface area contributed by atoms with Gasteiger partial charge in [-0.25, -0.2) is 4.98 Å². The molecule has 0 amide bonds. The predicted molar refractivity (Wildman–Crippen MR) is 116 cm³/mol. The molecule has 0 aliphatic carbocycles. The summed E-state index contributed by atoms with van der Waals surface area (Å²) in [4.78, 5) is 20.1. The van der Waals surface area contributed by atoms with Crippen LogP contribution in [0.5, 0.6) is 11.5 Å². The van der Waals surface area contributed by atoms with Crippen LogP contribution in [-0.2, 0) is 13.5 Å². The second-order valence-corrected chi connectivity index (χ2v) is 9.53. The van der Waals surface area contributed by atoms with E-state index in [2.05, 4.69) is 15.8 Å². The van der Waals surface area contributed by atoms with Crippen LogP contribution >= 0.6 is 11.3 Å². The molecule has 1 spiro atoms. The topological polar surface area (TPSA) is 80.4 Å². The number of halogens is 3. The van der Waals surface area contributed by atoms with Crippen LogP contribution in [0.4, 0.5) is 18.9 Å². The minimum Gasteiger partial charge on any atom is -0.487 e. The van der Waals surface area contributed by atoms with E-state index in [9.17, 15) is 23.2 Å². The van der Waals surface area contributed by atoms with Crippen LogP contribution in [0.25, 0.3) is 10.3 Å². The van der Waals surface area contributed by atoms with Crippen molar-refractivity contribution >= 4 is 27.4 Å². The SMILES string of the molecule is Cc1nc2c(N3CCC4(CC3)Cc3cc(OC(F)(F)F)ccc3O4)c(C#N)c(=O)n(C)c2s1. The van der Waals surface area contributed by atoms with Crippen LogP contribution in [0, 0.1) is 18.3 Å². The maximum absolute atomic E-state index is 12.8. The lowest BCUT2D eigenvalue weighted by atomic mass is 9.86. The summed E-state index contributed by atoms with van der Waals surface area (Å²) in [5.74, 6) is 0.293. The maximum atomic E-state index is 12.8. The molecule has 2 aliphatic rings. The Labute approximate surface area is 190 Å². The highest BCUT2D eigenvalue weighted by molar-refractivity contribution is 7.18. The van der Waals surface area contributed by atoms with E-state index in [0.717, 1.165) is 5.01 Å². The van der Waals surface area contributed by atoms with Crippen LogP contribution < -0.4 is 19.9 Å². The van der Waals surface area contributed by atoms with Crippen molar-refractivity contribution < 1.29 is 22.6 Å². The molecular weight excluding hydrogens is 457 g/mol. The van der Waals surface area contributed by atoms with Gasteiger partial charge in [0.25, 0.3) is 5.56 Å². The van der Waals surface area contributed by atoms with Gasteiger partial charge in [-0.15, -0.1) is 24.5 Å². The third kappa shape index (κ3) is 3.68. The molecule has 2 aromatic heterocycles. The summed E-state index contributed by atoms with van der Waals surface area (Å²) >= 11 is 1.40. The van der Waals surface area contributed by atoms with Gasteiger partial charge in [0.05, 0.1) is 10.7 Å². The smallest absolute Gasteiger partial charge is 0.487 e. The van der Waals surface area contributed by atoms with Crippen molar-refractivity contribution in [1.29, 1.82) is 5.26 Å². The molecule has 7 nitrogen and oxygen atoms in total. The molecule has 0 saturated carbocycles. The molecule has 0 radical (unpaired) electrons. The van der Waals surface area contributed by atoms with Crippen LogP contribution in [0.2, 0.25) is 0 Å². The first kappa shape index (κ1) is 21.6. The van der Waals surface area contributed by atoms with E-state index >= 15 is 0 Å². The molecule has 4 heterocycles. The van der Waals surface area contributed by atoms with E-state index in [1.165, 1.54) is 34.1 Å². The highest BCUT2D eigenvalue weighted by Crippen LogP contribution is 2.44. The van der Waals surface area contributed by atoms with Crippen molar-refractivity contribution in [3.63, 3.8) is 0 Å². The number of ether oxygens (including phenoxy) is 2.